The molecule has 1 N–H and O–H groups in total. The molecule has 2 aromatic rings. The summed E-state index contributed by atoms with van der Waals surface area (Å²) in [6, 6.07) is 16.0. The fourth-order valence-corrected chi connectivity index (χ4v) is 3.48. The summed E-state index contributed by atoms with van der Waals surface area (Å²) in [5, 5.41) is 10.0. The first-order valence-electron chi connectivity index (χ1n) is 8.82. The Morgan fingerprint density at radius 2 is 1.88 bits per heavy atom. The lowest BCUT2D eigenvalue weighted by Crippen LogP contribution is -2.48. The Labute approximate surface area is 153 Å². The number of aliphatic hydroxyl groups is 1. The fourth-order valence-electron chi connectivity index (χ4n) is 3.48. The van der Waals surface area contributed by atoms with E-state index < -0.39 is 5.41 Å². The number of likely N-dealkylation sites (tertiary alicyclic amines) is 1. The maximum Gasteiger partial charge on any atom is 0.298 e. The summed E-state index contributed by atoms with van der Waals surface area (Å²) in [7, 11) is 0. The summed E-state index contributed by atoms with van der Waals surface area (Å²) >= 11 is 0. The van der Waals surface area contributed by atoms with Gasteiger partial charge in [-0.15, -0.1) is 0 Å². The number of aliphatic hydroxyl groups excluding tert-OH is 1. The van der Waals surface area contributed by atoms with Crippen LogP contribution in [-0.2, 0) is 11.2 Å². The van der Waals surface area contributed by atoms with Crippen molar-refractivity contribution in [2.24, 2.45) is 5.41 Å². The zero-order chi connectivity index (χ0) is 18.4. The van der Waals surface area contributed by atoms with E-state index in [1.807, 2.05) is 30.3 Å². The molecular formula is C22H22FNO2. The largest absolute Gasteiger partial charge is 0.396 e. The van der Waals surface area contributed by atoms with E-state index in [2.05, 4.69) is 11.8 Å². The van der Waals surface area contributed by atoms with Crippen LogP contribution >= 0.6 is 0 Å². The van der Waals surface area contributed by atoms with E-state index in [4.69, 9.17) is 0 Å². The van der Waals surface area contributed by atoms with Gasteiger partial charge in [0.15, 0.2) is 0 Å². The third-order valence-corrected chi connectivity index (χ3v) is 4.89. The van der Waals surface area contributed by atoms with Crippen LogP contribution in [0.4, 0.5) is 4.39 Å². The second-order valence-corrected chi connectivity index (χ2v) is 6.87. The van der Waals surface area contributed by atoms with Crippen molar-refractivity contribution in [3.63, 3.8) is 0 Å². The molecule has 1 aliphatic heterocycles. The van der Waals surface area contributed by atoms with Crippen LogP contribution in [0.25, 0.3) is 0 Å². The molecular weight excluding hydrogens is 329 g/mol. The van der Waals surface area contributed by atoms with Gasteiger partial charge in [0.05, 0.1) is 6.61 Å². The Morgan fingerprint density at radius 1 is 1.15 bits per heavy atom. The Hall–Kier alpha value is -2.64. The van der Waals surface area contributed by atoms with Crippen LogP contribution in [0, 0.1) is 23.1 Å². The molecule has 0 aromatic heterocycles. The summed E-state index contributed by atoms with van der Waals surface area (Å²) in [6.07, 6.45) is 1.94. The van der Waals surface area contributed by atoms with E-state index in [0.29, 0.717) is 25.1 Å². The van der Waals surface area contributed by atoms with Crippen molar-refractivity contribution < 1.29 is 14.3 Å². The first-order valence-corrected chi connectivity index (χ1v) is 8.82. The topological polar surface area (TPSA) is 40.5 Å². The minimum atomic E-state index is -0.523. The molecule has 0 unspecified atom stereocenters. The molecule has 26 heavy (non-hydrogen) atoms. The van der Waals surface area contributed by atoms with Crippen molar-refractivity contribution >= 4 is 5.91 Å². The molecule has 3 rings (SSSR count). The number of carbonyl (C=O) groups is 1. The van der Waals surface area contributed by atoms with Gasteiger partial charge in [0, 0.05) is 30.0 Å². The lowest BCUT2D eigenvalue weighted by atomic mass is 9.75. The second kappa shape index (κ2) is 8.16. The van der Waals surface area contributed by atoms with Crippen LogP contribution in [-0.4, -0.2) is 35.6 Å². The molecule has 1 saturated heterocycles. The van der Waals surface area contributed by atoms with Crippen molar-refractivity contribution in [2.45, 2.75) is 19.3 Å². The highest BCUT2D eigenvalue weighted by Crippen LogP contribution is 2.34. The van der Waals surface area contributed by atoms with Gasteiger partial charge < -0.3 is 10.0 Å². The molecule has 0 spiro atoms. The smallest absolute Gasteiger partial charge is 0.298 e. The van der Waals surface area contributed by atoms with Crippen LogP contribution in [0.2, 0.25) is 0 Å². The molecule has 1 atom stereocenters. The van der Waals surface area contributed by atoms with E-state index >= 15 is 0 Å². The quantitative estimate of drug-likeness (QED) is 0.864. The Morgan fingerprint density at radius 3 is 2.62 bits per heavy atom. The van der Waals surface area contributed by atoms with Gasteiger partial charge in [0.25, 0.3) is 5.91 Å². The Bertz CT molecular complexity index is 825. The first-order chi connectivity index (χ1) is 12.6. The number of rotatable bonds is 3. The number of amides is 1. The molecule has 1 amide bonds. The van der Waals surface area contributed by atoms with Crippen LogP contribution in [0.3, 0.4) is 0 Å². The minimum Gasteiger partial charge on any atom is -0.396 e. The van der Waals surface area contributed by atoms with Crippen LogP contribution in [0.1, 0.15) is 24.0 Å². The van der Waals surface area contributed by atoms with Gasteiger partial charge in [-0.25, -0.2) is 4.39 Å². The molecule has 0 radical (unpaired) electrons. The third-order valence-electron chi connectivity index (χ3n) is 4.89. The summed E-state index contributed by atoms with van der Waals surface area (Å²) in [5.41, 5.74) is 0.841. The average Bonchev–Trinajstić information content (AvgIpc) is 2.69. The molecule has 1 heterocycles. The number of piperidine rings is 1. The predicted molar refractivity (Wildman–Crippen MR) is 98.8 cm³/mol. The SMILES string of the molecule is O=C(C#Cc1ccccc1)N1CCC[C@](CO)(Cc2ccccc2F)C1. The standard InChI is InChI=1S/C22H22FNO2/c23-20-10-5-4-9-19(20)15-22(17-25)13-6-14-24(16-22)21(26)12-11-18-7-2-1-3-8-18/h1-5,7-10,25H,6,13-17H2/t22-/m0/s1. The predicted octanol–water partition coefficient (Wildman–Crippen LogP) is 3.02. The van der Waals surface area contributed by atoms with Crippen molar-refractivity contribution in [3.05, 3.63) is 71.5 Å². The van der Waals surface area contributed by atoms with Gasteiger partial charge >= 0.3 is 0 Å². The molecule has 0 saturated carbocycles. The van der Waals surface area contributed by atoms with E-state index in [1.165, 1.54) is 6.07 Å². The number of hydrogen-bond acceptors (Lipinski definition) is 2. The van der Waals surface area contributed by atoms with Crippen LogP contribution in [0.5, 0.6) is 0 Å². The highest BCUT2D eigenvalue weighted by molar-refractivity contribution is 5.94. The first kappa shape index (κ1) is 18.2. The summed E-state index contributed by atoms with van der Waals surface area (Å²) < 4.78 is 14.0. The number of hydrogen-bond donors (Lipinski definition) is 1. The van der Waals surface area contributed by atoms with Gasteiger partial charge in [0.2, 0.25) is 0 Å². The zero-order valence-electron chi connectivity index (χ0n) is 14.6. The van der Waals surface area contributed by atoms with Crippen LogP contribution in [0.15, 0.2) is 54.6 Å². The lowest BCUT2D eigenvalue weighted by molar-refractivity contribution is -0.129. The Kier molecular flexibility index (Phi) is 5.70. The fraction of sp³-hybridized carbons (Fsp3) is 0.318. The summed E-state index contributed by atoms with van der Waals surface area (Å²) in [6.45, 7) is 0.915. The monoisotopic (exact) mass is 351 g/mol. The summed E-state index contributed by atoms with van der Waals surface area (Å²) in [5.74, 6) is 5.05. The maximum absolute atomic E-state index is 14.0. The summed E-state index contributed by atoms with van der Waals surface area (Å²) in [4.78, 5) is 14.2. The van der Waals surface area contributed by atoms with Crippen LogP contribution < -0.4 is 0 Å². The molecule has 2 aromatic carbocycles. The Balaban J connectivity index is 1.73. The van der Waals surface area contributed by atoms with E-state index in [9.17, 15) is 14.3 Å². The van der Waals surface area contributed by atoms with Crippen molar-refractivity contribution in [1.82, 2.24) is 4.90 Å². The van der Waals surface area contributed by atoms with Gasteiger partial charge in [0.1, 0.15) is 5.82 Å². The molecule has 0 aliphatic carbocycles. The van der Waals surface area contributed by atoms with E-state index in [0.717, 1.165) is 18.4 Å². The van der Waals surface area contributed by atoms with Crippen molar-refractivity contribution in [3.8, 4) is 11.8 Å². The lowest BCUT2D eigenvalue weighted by Gasteiger charge is -2.41. The molecule has 4 heteroatoms. The average molecular weight is 351 g/mol. The minimum absolute atomic E-state index is 0.0861. The van der Waals surface area contributed by atoms with Gasteiger partial charge in [-0.3, -0.25) is 4.79 Å². The number of carbonyl (C=O) groups excluding carboxylic acids is 1. The maximum atomic E-state index is 14.0. The van der Waals surface area contributed by atoms with E-state index in [-0.39, 0.29) is 18.3 Å². The number of nitrogens with zero attached hydrogens (tertiary/aromatic N) is 1. The number of benzene rings is 2. The molecule has 3 nitrogen and oxygen atoms in total. The highest BCUT2D eigenvalue weighted by atomic mass is 19.1. The number of halogens is 1. The molecule has 1 aliphatic rings. The zero-order valence-corrected chi connectivity index (χ0v) is 14.6. The third kappa shape index (κ3) is 4.30. The van der Waals surface area contributed by atoms with Gasteiger partial charge in [-0.05, 0) is 43.0 Å². The van der Waals surface area contributed by atoms with Gasteiger partial charge in [-0.1, -0.05) is 42.3 Å². The highest BCUT2D eigenvalue weighted by Gasteiger charge is 2.37. The van der Waals surface area contributed by atoms with Gasteiger partial charge in [-0.2, -0.15) is 0 Å². The molecule has 134 valence electrons. The normalized spacial score (nSPS) is 19.5. The molecule has 1 fully saturated rings. The van der Waals surface area contributed by atoms with Crippen molar-refractivity contribution in [2.75, 3.05) is 19.7 Å². The van der Waals surface area contributed by atoms with Crippen molar-refractivity contribution in [1.29, 1.82) is 0 Å². The van der Waals surface area contributed by atoms with E-state index in [1.54, 1.807) is 23.1 Å². The molecule has 0 bridgehead atoms. The second-order valence-electron chi connectivity index (χ2n) is 6.87.